The predicted molar refractivity (Wildman–Crippen MR) is 55.3 cm³/mol. The molecule has 0 bridgehead atoms. The van der Waals surface area contributed by atoms with E-state index in [4.69, 9.17) is 5.53 Å². The van der Waals surface area contributed by atoms with E-state index in [1.807, 2.05) is 12.1 Å². The highest BCUT2D eigenvalue weighted by atomic mass is 15.1. The van der Waals surface area contributed by atoms with Crippen LogP contribution >= 0.6 is 0 Å². The Hall–Kier alpha value is -1.51. The Kier molecular flexibility index (Phi) is 2.39. The summed E-state index contributed by atoms with van der Waals surface area (Å²) in [4.78, 5) is 5.05. The molecule has 1 aromatic carbocycles. The van der Waals surface area contributed by atoms with E-state index in [2.05, 4.69) is 28.0 Å². The average molecular weight is 188 g/mol. The summed E-state index contributed by atoms with van der Waals surface area (Å²) in [5, 5.41) is 3.60. The summed E-state index contributed by atoms with van der Waals surface area (Å²) >= 11 is 0. The van der Waals surface area contributed by atoms with Crippen LogP contribution < -0.4 is 0 Å². The predicted octanol–water partition coefficient (Wildman–Crippen LogP) is 2.62. The van der Waals surface area contributed by atoms with Gasteiger partial charge in [0.2, 0.25) is 0 Å². The van der Waals surface area contributed by atoms with Gasteiger partial charge in [-0.15, -0.1) is 0 Å². The molecule has 0 saturated carbocycles. The van der Waals surface area contributed by atoms with Crippen LogP contribution in [0.1, 0.15) is 11.1 Å². The van der Waals surface area contributed by atoms with Gasteiger partial charge in [0, 0.05) is 23.7 Å². The van der Waals surface area contributed by atoms with Gasteiger partial charge in [0.25, 0.3) is 0 Å². The lowest BCUT2D eigenvalue weighted by Crippen LogP contribution is -2.26. The van der Waals surface area contributed by atoms with Crippen molar-refractivity contribution in [3.8, 4) is 0 Å². The highest BCUT2D eigenvalue weighted by Gasteiger charge is 2.12. The van der Waals surface area contributed by atoms with Gasteiger partial charge in [0.15, 0.2) is 0 Å². The number of rotatable bonds is 1. The lowest BCUT2D eigenvalue weighted by molar-refractivity contribution is 0.313. The van der Waals surface area contributed by atoms with E-state index >= 15 is 0 Å². The molecule has 0 unspecified atom stereocenters. The molecule has 0 aromatic heterocycles. The van der Waals surface area contributed by atoms with Gasteiger partial charge < -0.3 is 4.90 Å². The first-order valence-electron chi connectivity index (χ1n) is 4.65. The second-order valence-electron chi connectivity index (χ2n) is 3.63. The van der Waals surface area contributed by atoms with Crippen molar-refractivity contribution in [1.29, 1.82) is 0 Å². The van der Waals surface area contributed by atoms with Crippen LogP contribution in [0.15, 0.2) is 23.3 Å². The number of azide groups is 1. The summed E-state index contributed by atoms with van der Waals surface area (Å²) < 4.78 is 0. The molecule has 1 heterocycles. The van der Waals surface area contributed by atoms with E-state index in [-0.39, 0.29) is 0 Å². The van der Waals surface area contributed by atoms with Crippen molar-refractivity contribution in [3.05, 3.63) is 39.8 Å². The van der Waals surface area contributed by atoms with E-state index in [0.29, 0.717) is 5.69 Å². The molecule has 1 aromatic rings. The van der Waals surface area contributed by atoms with Crippen LogP contribution in [0.2, 0.25) is 0 Å². The zero-order chi connectivity index (χ0) is 9.97. The number of nitrogens with zero attached hydrogens (tertiary/aromatic N) is 4. The molecule has 4 nitrogen and oxygen atoms in total. The fraction of sp³-hybridized carbons (Fsp3) is 0.400. The summed E-state index contributed by atoms with van der Waals surface area (Å²) in [6.45, 7) is 2.05. The zero-order valence-electron chi connectivity index (χ0n) is 8.14. The monoisotopic (exact) mass is 188 g/mol. The Bertz CT molecular complexity index is 393. The Morgan fingerprint density at radius 2 is 2.29 bits per heavy atom. The number of benzene rings is 1. The molecule has 0 spiro atoms. The van der Waals surface area contributed by atoms with Crippen molar-refractivity contribution in [3.63, 3.8) is 0 Å². The maximum atomic E-state index is 8.32. The first-order chi connectivity index (χ1) is 6.79. The average Bonchev–Trinajstić information content (AvgIpc) is 2.17. The topological polar surface area (TPSA) is 52.0 Å². The lowest BCUT2D eigenvalue weighted by atomic mass is 10.00. The third-order valence-corrected chi connectivity index (χ3v) is 2.55. The summed E-state index contributed by atoms with van der Waals surface area (Å²) in [7, 11) is 2.10. The van der Waals surface area contributed by atoms with Crippen molar-refractivity contribution in [2.24, 2.45) is 5.11 Å². The van der Waals surface area contributed by atoms with Crippen molar-refractivity contribution < 1.29 is 0 Å². The van der Waals surface area contributed by atoms with E-state index in [0.717, 1.165) is 19.5 Å². The molecule has 0 aliphatic carbocycles. The van der Waals surface area contributed by atoms with Gasteiger partial charge in [0.1, 0.15) is 0 Å². The van der Waals surface area contributed by atoms with Crippen LogP contribution in [-0.2, 0) is 13.0 Å². The van der Waals surface area contributed by atoms with Crippen LogP contribution in [0.25, 0.3) is 10.4 Å². The first-order valence-corrected chi connectivity index (χ1v) is 4.65. The molecule has 1 aliphatic rings. The lowest BCUT2D eigenvalue weighted by Gasteiger charge is -2.24. The van der Waals surface area contributed by atoms with Crippen molar-refractivity contribution >= 4 is 5.69 Å². The fourth-order valence-corrected chi connectivity index (χ4v) is 1.80. The van der Waals surface area contributed by atoms with Gasteiger partial charge in [-0.3, -0.25) is 0 Å². The second kappa shape index (κ2) is 3.70. The SMILES string of the molecule is CN1CCc2ccc(N=[N+]=[N-])cc2C1. The van der Waals surface area contributed by atoms with E-state index in [1.54, 1.807) is 0 Å². The molecule has 1 aliphatic heterocycles. The highest BCUT2D eigenvalue weighted by molar-refractivity contribution is 5.44. The smallest absolute Gasteiger partial charge is 0.0378 e. The third-order valence-electron chi connectivity index (χ3n) is 2.55. The Morgan fingerprint density at radius 3 is 3.07 bits per heavy atom. The molecule has 0 amide bonds. The third kappa shape index (κ3) is 1.71. The molecule has 2 rings (SSSR count). The van der Waals surface area contributed by atoms with Gasteiger partial charge >= 0.3 is 0 Å². The largest absolute Gasteiger partial charge is 0.302 e. The van der Waals surface area contributed by atoms with Crippen molar-refractivity contribution in [2.45, 2.75) is 13.0 Å². The summed E-state index contributed by atoms with van der Waals surface area (Å²) in [5.41, 5.74) is 11.7. The molecule has 72 valence electrons. The molecule has 4 heteroatoms. The number of likely N-dealkylation sites (N-methyl/N-ethyl adjacent to an activating group) is 1. The maximum Gasteiger partial charge on any atom is 0.0378 e. The zero-order valence-corrected chi connectivity index (χ0v) is 8.14. The molecule has 0 atom stereocenters. The van der Waals surface area contributed by atoms with E-state index in [1.165, 1.54) is 11.1 Å². The molecule has 0 saturated heterocycles. The fourth-order valence-electron chi connectivity index (χ4n) is 1.80. The van der Waals surface area contributed by atoms with Gasteiger partial charge in [-0.1, -0.05) is 17.2 Å². The minimum Gasteiger partial charge on any atom is -0.302 e. The second-order valence-corrected chi connectivity index (χ2v) is 3.63. The molecule has 0 N–H and O–H groups in total. The Balaban J connectivity index is 2.37. The van der Waals surface area contributed by atoms with Gasteiger partial charge in [-0.05, 0) is 36.2 Å². The molecule has 14 heavy (non-hydrogen) atoms. The first kappa shape index (κ1) is 9.06. The normalized spacial score (nSPS) is 15.8. The number of fused-ring (bicyclic) bond motifs is 1. The summed E-state index contributed by atoms with van der Waals surface area (Å²) in [6.07, 6.45) is 1.09. The molecular formula is C10H12N4. The minimum atomic E-state index is 0.710. The maximum absolute atomic E-state index is 8.32. The van der Waals surface area contributed by atoms with Crippen LogP contribution in [-0.4, -0.2) is 18.5 Å². The number of hydrogen-bond acceptors (Lipinski definition) is 2. The highest BCUT2D eigenvalue weighted by Crippen LogP contribution is 2.23. The number of hydrogen-bond donors (Lipinski definition) is 0. The van der Waals surface area contributed by atoms with E-state index in [9.17, 15) is 0 Å². The summed E-state index contributed by atoms with van der Waals surface area (Å²) in [6, 6.07) is 5.92. The van der Waals surface area contributed by atoms with Crippen LogP contribution in [0, 0.1) is 0 Å². The standard InChI is InChI=1S/C10H12N4/c1-14-5-4-8-2-3-10(12-13-11)6-9(8)7-14/h2-3,6H,4-5,7H2,1H3. The van der Waals surface area contributed by atoms with Crippen molar-refractivity contribution in [2.75, 3.05) is 13.6 Å². The molecule has 0 fully saturated rings. The van der Waals surface area contributed by atoms with Gasteiger partial charge in [-0.2, -0.15) is 0 Å². The summed E-state index contributed by atoms with van der Waals surface area (Å²) in [5.74, 6) is 0. The molecular weight excluding hydrogens is 176 g/mol. The van der Waals surface area contributed by atoms with E-state index < -0.39 is 0 Å². The van der Waals surface area contributed by atoms with Gasteiger partial charge in [0.05, 0.1) is 0 Å². The van der Waals surface area contributed by atoms with Crippen molar-refractivity contribution in [1.82, 2.24) is 4.90 Å². The Morgan fingerprint density at radius 1 is 1.43 bits per heavy atom. The van der Waals surface area contributed by atoms with Gasteiger partial charge in [-0.25, -0.2) is 0 Å². The quantitative estimate of drug-likeness (QED) is 0.379. The minimum absolute atomic E-state index is 0.710. The molecule has 0 radical (unpaired) electrons. The van der Waals surface area contributed by atoms with Crippen LogP contribution in [0.4, 0.5) is 5.69 Å². The van der Waals surface area contributed by atoms with Crippen LogP contribution in [0.3, 0.4) is 0 Å². The van der Waals surface area contributed by atoms with Crippen LogP contribution in [0.5, 0.6) is 0 Å². The Labute approximate surface area is 82.8 Å².